The molecule has 36 heavy (non-hydrogen) atoms. The first-order valence-corrected chi connectivity index (χ1v) is 13.2. The molecule has 1 atom stereocenters. The number of hydrogen-bond acceptors (Lipinski definition) is 6. The van der Waals surface area contributed by atoms with Crippen LogP contribution < -0.4 is 5.32 Å². The second kappa shape index (κ2) is 10.6. The maximum atomic E-state index is 15.9. The van der Waals surface area contributed by atoms with E-state index in [0.717, 1.165) is 30.3 Å². The highest BCUT2D eigenvalue weighted by Crippen LogP contribution is 2.35. The number of nitrogens with zero attached hydrogens (tertiary/aromatic N) is 4. The smallest absolute Gasteiger partial charge is 0.279 e. The lowest BCUT2D eigenvalue weighted by Crippen LogP contribution is -2.29. The summed E-state index contributed by atoms with van der Waals surface area (Å²) in [7, 11) is 1.54. The SMILES string of the molecule is CN(OCC1CC1)C(=O)c1cc2c(ncn2CCN2CCC(O)C2)c(F)c1Nc1ccc(Br)cc1Cl. The summed E-state index contributed by atoms with van der Waals surface area (Å²) in [5.74, 6) is -0.646. The topological polar surface area (TPSA) is 82.9 Å². The maximum Gasteiger partial charge on any atom is 0.279 e. The van der Waals surface area contributed by atoms with Crippen LogP contribution in [0.5, 0.6) is 0 Å². The Bertz CT molecular complexity index is 1280. The van der Waals surface area contributed by atoms with E-state index in [1.165, 1.54) is 5.06 Å². The van der Waals surface area contributed by atoms with Crippen molar-refractivity contribution in [3.63, 3.8) is 0 Å². The molecule has 1 aromatic heterocycles. The zero-order chi connectivity index (χ0) is 25.4. The lowest BCUT2D eigenvalue weighted by molar-refractivity contribution is -0.109. The summed E-state index contributed by atoms with van der Waals surface area (Å²) in [4.78, 5) is 25.6. The Morgan fingerprint density at radius 2 is 2.14 bits per heavy atom. The number of imidazole rings is 1. The standard InChI is InChI=1S/C25H28BrClFN5O3/c1-31(36-13-15-2-3-15)25(35)18-11-21-24(29-14-33(21)9-8-32-7-6-17(34)12-32)22(28)23(18)30-20-5-4-16(26)10-19(20)27/h4-5,10-11,14-15,17,30,34H,2-3,6-9,12-13H2,1H3. The Morgan fingerprint density at radius 1 is 1.33 bits per heavy atom. The molecule has 8 nitrogen and oxygen atoms in total. The van der Waals surface area contributed by atoms with Crippen LogP contribution in [0, 0.1) is 11.7 Å². The van der Waals surface area contributed by atoms with Crippen LogP contribution in [0.2, 0.25) is 5.02 Å². The van der Waals surface area contributed by atoms with Gasteiger partial charge in [0.15, 0.2) is 5.82 Å². The van der Waals surface area contributed by atoms with Gasteiger partial charge in [-0.3, -0.25) is 14.5 Å². The van der Waals surface area contributed by atoms with Crippen LogP contribution in [-0.4, -0.2) is 69.9 Å². The van der Waals surface area contributed by atoms with Crippen molar-refractivity contribution in [3.05, 3.63) is 51.5 Å². The van der Waals surface area contributed by atoms with Crippen LogP contribution in [0.15, 0.2) is 35.1 Å². The van der Waals surface area contributed by atoms with E-state index < -0.39 is 11.7 Å². The molecule has 2 heterocycles. The lowest BCUT2D eigenvalue weighted by Gasteiger charge is -2.20. The van der Waals surface area contributed by atoms with Crippen LogP contribution in [0.25, 0.3) is 11.0 Å². The van der Waals surface area contributed by atoms with Gasteiger partial charge in [0.1, 0.15) is 5.52 Å². The number of carbonyl (C=O) groups is 1. The van der Waals surface area contributed by atoms with E-state index in [-0.39, 0.29) is 22.9 Å². The first-order chi connectivity index (χ1) is 17.3. The normalized spacial score (nSPS) is 18.2. The Hall–Kier alpha value is -2.24. The minimum absolute atomic E-state index is 0.00786. The molecule has 11 heteroatoms. The number of aliphatic hydroxyl groups is 1. The molecule has 0 spiro atoms. The van der Waals surface area contributed by atoms with E-state index in [9.17, 15) is 9.90 Å². The van der Waals surface area contributed by atoms with Crippen LogP contribution in [0.3, 0.4) is 0 Å². The number of hydroxylamine groups is 2. The van der Waals surface area contributed by atoms with Crippen LogP contribution in [0.1, 0.15) is 29.6 Å². The second-order valence-corrected chi connectivity index (χ2v) is 10.8. The van der Waals surface area contributed by atoms with Gasteiger partial charge in [0.2, 0.25) is 0 Å². The lowest BCUT2D eigenvalue weighted by atomic mass is 10.1. The maximum absolute atomic E-state index is 15.9. The number of benzene rings is 2. The van der Waals surface area contributed by atoms with Crippen LogP contribution in [0.4, 0.5) is 15.8 Å². The van der Waals surface area contributed by atoms with Crippen molar-refractivity contribution in [1.29, 1.82) is 0 Å². The number of aromatic nitrogens is 2. The van der Waals surface area contributed by atoms with Crippen LogP contribution in [-0.2, 0) is 11.4 Å². The highest BCUT2D eigenvalue weighted by Gasteiger charge is 2.28. The van der Waals surface area contributed by atoms with Crippen molar-refractivity contribution in [1.82, 2.24) is 19.5 Å². The fourth-order valence-electron chi connectivity index (χ4n) is 4.35. The molecular formula is C25H28BrClFN5O3. The van der Waals surface area contributed by atoms with E-state index in [1.807, 2.05) is 4.57 Å². The Labute approximate surface area is 222 Å². The predicted molar refractivity (Wildman–Crippen MR) is 140 cm³/mol. The molecule has 1 unspecified atom stereocenters. The average Bonchev–Trinajstić information content (AvgIpc) is 3.45. The molecule has 1 saturated heterocycles. The summed E-state index contributed by atoms with van der Waals surface area (Å²) in [5, 5.41) is 14.4. The quantitative estimate of drug-likeness (QED) is 0.354. The molecule has 0 radical (unpaired) electrons. The largest absolute Gasteiger partial charge is 0.392 e. The third-order valence-electron chi connectivity index (χ3n) is 6.67. The average molecular weight is 581 g/mol. The fraction of sp³-hybridized carbons (Fsp3) is 0.440. The van der Waals surface area contributed by atoms with E-state index in [0.29, 0.717) is 48.4 Å². The van der Waals surface area contributed by atoms with Crippen molar-refractivity contribution >= 4 is 55.8 Å². The predicted octanol–water partition coefficient (Wildman–Crippen LogP) is 4.82. The van der Waals surface area contributed by atoms with Gasteiger partial charge in [-0.1, -0.05) is 27.5 Å². The summed E-state index contributed by atoms with van der Waals surface area (Å²) in [6.07, 6.45) is 4.20. The molecular weight excluding hydrogens is 553 g/mol. The molecule has 1 aliphatic carbocycles. The monoisotopic (exact) mass is 579 g/mol. The highest BCUT2D eigenvalue weighted by molar-refractivity contribution is 9.10. The summed E-state index contributed by atoms with van der Waals surface area (Å²) in [5.41, 5.74) is 1.24. The summed E-state index contributed by atoms with van der Waals surface area (Å²) >= 11 is 9.75. The van der Waals surface area contributed by atoms with Gasteiger partial charge >= 0.3 is 0 Å². The fourth-order valence-corrected chi connectivity index (χ4v) is 5.07. The molecule has 0 bridgehead atoms. The summed E-state index contributed by atoms with van der Waals surface area (Å²) < 4.78 is 18.5. The molecule has 5 rings (SSSR count). The Morgan fingerprint density at radius 3 is 2.83 bits per heavy atom. The Kier molecular flexibility index (Phi) is 7.50. The van der Waals surface area contributed by atoms with E-state index in [1.54, 1.807) is 37.6 Å². The number of hydrogen-bond donors (Lipinski definition) is 2. The van der Waals surface area contributed by atoms with Gasteiger partial charge in [0.05, 0.1) is 46.5 Å². The number of carbonyl (C=O) groups excluding carboxylic acids is 1. The molecule has 1 amide bonds. The van der Waals surface area contributed by atoms with Gasteiger partial charge in [0.25, 0.3) is 5.91 Å². The molecule has 192 valence electrons. The molecule has 2 aromatic carbocycles. The third-order valence-corrected chi connectivity index (χ3v) is 7.47. The van der Waals surface area contributed by atoms with E-state index in [4.69, 9.17) is 16.4 Å². The molecule has 1 saturated carbocycles. The first-order valence-electron chi connectivity index (χ1n) is 12.0. The van der Waals surface area contributed by atoms with Gasteiger partial charge in [0, 0.05) is 37.7 Å². The van der Waals surface area contributed by atoms with Crippen molar-refractivity contribution in [3.8, 4) is 0 Å². The summed E-state index contributed by atoms with van der Waals surface area (Å²) in [6.45, 7) is 3.13. The number of rotatable bonds is 9. The van der Waals surface area contributed by atoms with Crippen molar-refractivity contribution in [2.45, 2.75) is 31.9 Å². The van der Waals surface area contributed by atoms with Gasteiger partial charge in [-0.25, -0.2) is 14.4 Å². The third kappa shape index (κ3) is 5.52. The molecule has 1 aliphatic heterocycles. The number of β-amino-alcohol motifs (C(OH)–C–C–N with tert-alkyl or cyclic N) is 1. The van der Waals surface area contributed by atoms with Gasteiger partial charge < -0.3 is 15.0 Å². The number of aliphatic hydroxyl groups excluding tert-OH is 1. The molecule has 2 aliphatic rings. The van der Waals surface area contributed by atoms with Crippen molar-refractivity contribution < 1.29 is 19.1 Å². The number of likely N-dealkylation sites (tertiary alicyclic amines) is 1. The minimum Gasteiger partial charge on any atom is -0.392 e. The van der Waals surface area contributed by atoms with Crippen molar-refractivity contribution in [2.75, 3.05) is 38.6 Å². The van der Waals surface area contributed by atoms with E-state index in [2.05, 4.69) is 31.1 Å². The number of nitrogens with one attached hydrogen (secondary N) is 1. The minimum atomic E-state index is -0.638. The van der Waals surface area contributed by atoms with Crippen LogP contribution >= 0.6 is 27.5 Å². The van der Waals surface area contributed by atoms with Gasteiger partial charge in [-0.2, -0.15) is 0 Å². The second-order valence-electron chi connectivity index (χ2n) is 9.45. The molecule has 2 fully saturated rings. The molecule has 3 aromatic rings. The number of amides is 1. The first kappa shape index (κ1) is 25.4. The highest BCUT2D eigenvalue weighted by atomic mass is 79.9. The Balaban J connectivity index is 1.49. The van der Waals surface area contributed by atoms with Crippen molar-refractivity contribution in [2.24, 2.45) is 5.92 Å². The molecule has 2 N–H and O–H groups in total. The number of fused-ring (bicyclic) bond motifs is 1. The number of halogens is 3. The van der Waals surface area contributed by atoms with E-state index >= 15 is 4.39 Å². The van der Waals surface area contributed by atoms with Gasteiger partial charge in [-0.05, 0) is 49.4 Å². The number of anilines is 2. The zero-order valence-corrected chi connectivity index (χ0v) is 22.2. The van der Waals surface area contributed by atoms with Gasteiger partial charge in [-0.15, -0.1) is 0 Å². The summed E-state index contributed by atoms with van der Waals surface area (Å²) in [6, 6.07) is 6.83. The zero-order valence-electron chi connectivity index (χ0n) is 19.9.